The monoisotopic (exact) mass is 330 g/mol. The summed E-state index contributed by atoms with van der Waals surface area (Å²) in [6.45, 7) is -0.0135. The Labute approximate surface area is 124 Å². The topological polar surface area (TPSA) is 64.3 Å². The van der Waals surface area contributed by atoms with E-state index in [0.717, 1.165) is 0 Å². The van der Waals surface area contributed by atoms with Crippen LogP contribution in [0.4, 0.5) is 18.9 Å². The number of carbonyl (C=O) groups excluding carboxylic acids is 1. The number of nitrogens with two attached hydrogens (primary N) is 1. The Balaban J connectivity index is 0.00000361. The quantitative estimate of drug-likeness (QED) is 0.815. The summed E-state index contributed by atoms with van der Waals surface area (Å²) in [7, 11) is 1.38. The summed E-state index contributed by atoms with van der Waals surface area (Å²) in [6, 6.07) is 4.70. The van der Waals surface area contributed by atoms with Crippen molar-refractivity contribution in [3.8, 4) is 0 Å². The van der Waals surface area contributed by atoms with E-state index in [1.807, 2.05) is 0 Å². The number of ether oxygens (including phenoxy) is 1. The second-order valence-corrected chi connectivity index (χ2v) is 4.70. The summed E-state index contributed by atoms with van der Waals surface area (Å²) in [5, 5.41) is 2.35. The third-order valence-corrected chi connectivity index (χ3v) is 2.86. The van der Waals surface area contributed by atoms with Gasteiger partial charge in [-0.15, -0.1) is 12.4 Å². The second kappa shape index (κ2) is 8.35. The summed E-state index contributed by atoms with van der Waals surface area (Å²) in [6.07, 6.45) is 0. The molecule has 0 aliphatic rings. The Morgan fingerprint density at radius 2 is 2.05 bits per heavy atom. The molecule has 1 amide bonds. The molecule has 0 aliphatic carbocycles. The number of rotatable bonds is 5. The van der Waals surface area contributed by atoms with E-state index >= 15 is 0 Å². The standard InChI is InChI=1S/C11H13F3N2O2S.ClH/c1-18-6-7(15)10(17)16-8-4-2-3-5-9(8)19-11(12,13)14;/h2-5,7H,6,15H2,1H3,(H,16,17);1H. The minimum absolute atomic E-state index is 0. The molecular weight excluding hydrogens is 317 g/mol. The Bertz CT molecular complexity index is 446. The number of amides is 1. The number of methoxy groups -OCH3 is 1. The molecule has 20 heavy (non-hydrogen) atoms. The van der Waals surface area contributed by atoms with Crippen molar-refractivity contribution in [2.24, 2.45) is 5.73 Å². The van der Waals surface area contributed by atoms with E-state index in [9.17, 15) is 18.0 Å². The van der Waals surface area contributed by atoms with Crippen LogP contribution in [0.5, 0.6) is 0 Å². The van der Waals surface area contributed by atoms with Crippen molar-refractivity contribution in [1.82, 2.24) is 0 Å². The van der Waals surface area contributed by atoms with Crippen molar-refractivity contribution in [2.45, 2.75) is 16.4 Å². The third-order valence-electron chi connectivity index (χ3n) is 2.05. The van der Waals surface area contributed by atoms with Crippen molar-refractivity contribution >= 4 is 35.8 Å². The molecule has 1 aromatic carbocycles. The fraction of sp³-hybridized carbons (Fsp3) is 0.364. The largest absolute Gasteiger partial charge is 0.446 e. The highest BCUT2D eigenvalue weighted by Gasteiger charge is 2.30. The molecule has 0 bridgehead atoms. The molecule has 1 unspecified atom stereocenters. The van der Waals surface area contributed by atoms with Gasteiger partial charge in [0.2, 0.25) is 5.91 Å². The molecule has 0 aliphatic heterocycles. The first-order valence-corrected chi connectivity index (χ1v) is 6.05. The first-order chi connectivity index (χ1) is 8.83. The first-order valence-electron chi connectivity index (χ1n) is 5.23. The number of carbonyl (C=O) groups is 1. The average molecular weight is 331 g/mol. The highest BCUT2D eigenvalue weighted by molar-refractivity contribution is 8.00. The van der Waals surface area contributed by atoms with Crippen LogP contribution in [0.15, 0.2) is 29.2 Å². The molecule has 1 atom stereocenters. The van der Waals surface area contributed by atoms with E-state index in [1.54, 1.807) is 0 Å². The van der Waals surface area contributed by atoms with E-state index in [4.69, 9.17) is 10.5 Å². The van der Waals surface area contributed by atoms with Gasteiger partial charge in [0.05, 0.1) is 12.3 Å². The van der Waals surface area contributed by atoms with Crippen LogP contribution in [0.3, 0.4) is 0 Å². The molecule has 114 valence electrons. The SMILES string of the molecule is COCC(N)C(=O)Nc1ccccc1SC(F)(F)F.Cl. The number of para-hydroxylation sites is 1. The van der Waals surface area contributed by atoms with Gasteiger partial charge >= 0.3 is 5.51 Å². The smallest absolute Gasteiger partial charge is 0.383 e. The number of halogens is 4. The van der Waals surface area contributed by atoms with Crippen LogP contribution in [0.25, 0.3) is 0 Å². The molecule has 0 saturated heterocycles. The lowest BCUT2D eigenvalue weighted by atomic mass is 10.2. The van der Waals surface area contributed by atoms with Crippen molar-refractivity contribution in [3.05, 3.63) is 24.3 Å². The number of alkyl halides is 3. The van der Waals surface area contributed by atoms with Crippen LogP contribution in [0.1, 0.15) is 0 Å². The number of benzene rings is 1. The minimum atomic E-state index is -4.42. The maximum Gasteiger partial charge on any atom is 0.446 e. The van der Waals surface area contributed by atoms with E-state index in [2.05, 4.69) is 5.32 Å². The van der Waals surface area contributed by atoms with Gasteiger partial charge in [0.15, 0.2) is 0 Å². The summed E-state index contributed by atoms with van der Waals surface area (Å²) in [5.74, 6) is -0.600. The number of anilines is 1. The van der Waals surface area contributed by atoms with Crippen LogP contribution in [0.2, 0.25) is 0 Å². The highest BCUT2D eigenvalue weighted by atomic mass is 35.5. The molecule has 0 aromatic heterocycles. The first kappa shape index (κ1) is 19.0. The molecular formula is C11H14ClF3N2O2S. The van der Waals surface area contributed by atoms with Gasteiger partial charge in [0.25, 0.3) is 0 Å². The minimum Gasteiger partial charge on any atom is -0.383 e. The maximum absolute atomic E-state index is 12.3. The number of hydrogen-bond acceptors (Lipinski definition) is 4. The predicted molar refractivity (Wildman–Crippen MR) is 74.1 cm³/mol. The maximum atomic E-state index is 12.3. The van der Waals surface area contributed by atoms with Crippen LogP contribution < -0.4 is 11.1 Å². The van der Waals surface area contributed by atoms with Gasteiger partial charge in [0, 0.05) is 12.0 Å². The molecule has 1 aromatic rings. The Kier molecular flexibility index (Phi) is 7.95. The van der Waals surface area contributed by atoms with E-state index in [0.29, 0.717) is 0 Å². The molecule has 0 saturated carbocycles. The molecule has 0 spiro atoms. The Morgan fingerprint density at radius 3 is 2.60 bits per heavy atom. The molecule has 0 fully saturated rings. The van der Waals surface area contributed by atoms with Crippen molar-refractivity contribution < 1.29 is 22.7 Å². The van der Waals surface area contributed by atoms with Crippen LogP contribution >= 0.6 is 24.2 Å². The lowest BCUT2D eigenvalue weighted by molar-refractivity contribution is -0.118. The van der Waals surface area contributed by atoms with Gasteiger partial charge < -0.3 is 15.8 Å². The van der Waals surface area contributed by atoms with Gasteiger partial charge in [-0.05, 0) is 23.9 Å². The fourth-order valence-corrected chi connectivity index (χ4v) is 1.89. The van der Waals surface area contributed by atoms with Crippen molar-refractivity contribution in [2.75, 3.05) is 19.0 Å². The number of hydrogen-bond donors (Lipinski definition) is 2. The molecule has 4 nitrogen and oxygen atoms in total. The summed E-state index contributed by atoms with van der Waals surface area (Å²) >= 11 is -0.292. The van der Waals surface area contributed by atoms with E-state index in [-0.39, 0.29) is 41.4 Å². The highest BCUT2D eigenvalue weighted by Crippen LogP contribution is 2.40. The predicted octanol–water partition coefficient (Wildman–Crippen LogP) is 2.63. The summed E-state index contributed by atoms with van der Waals surface area (Å²) < 4.78 is 41.7. The molecule has 3 N–H and O–H groups in total. The van der Waals surface area contributed by atoms with Gasteiger partial charge in [-0.3, -0.25) is 4.79 Å². The summed E-state index contributed by atoms with van der Waals surface area (Å²) in [5.41, 5.74) is 1.14. The Morgan fingerprint density at radius 1 is 1.45 bits per heavy atom. The van der Waals surface area contributed by atoms with Gasteiger partial charge in [0.1, 0.15) is 6.04 Å². The molecule has 9 heteroatoms. The molecule has 1 rings (SSSR count). The third kappa shape index (κ3) is 6.47. The van der Waals surface area contributed by atoms with Crippen LogP contribution in [-0.4, -0.2) is 31.2 Å². The van der Waals surface area contributed by atoms with Gasteiger partial charge in [-0.2, -0.15) is 13.2 Å². The summed E-state index contributed by atoms with van der Waals surface area (Å²) in [4.78, 5) is 11.5. The normalized spacial score (nSPS) is 12.4. The average Bonchev–Trinajstić information content (AvgIpc) is 2.30. The van der Waals surface area contributed by atoms with Crippen molar-refractivity contribution in [1.29, 1.82) is 0 Å². The number of thioether (sulfide) groups is 1. The van der Waals surface area contributed by atoms with Crippen LogP contribution in [0, 0.1) is 0 Å². The van der Waals surface area contributed by atoms with Crippen molar-refractivity contribution in [3.63, 3.8) is 0 Å². The number of nitrogens with one attached hydrogen (secondary N) is 1. The fourth-order valence-electron chi connectivity index (χ4n) is 1.26. The Hall–Kier alpha value is -0.960. The zero-order valence-corrected chi connectivity index (χ0v) is 12.1. The van der Waals surface area contributed by atoms with E-state index < -0.39 is 17.5 Å². The lowest BCUT2D eigenvalue weighted by Crippen LogP contribution is -2.39. The molecule has 0 radical (unpaired) electrons. The van der Waals surface area contributed by atoms with Gasteiger partial charge in [-0.25, -0.2) is 0 Å². The zero-order valence-electron chi connectivity index (χ0n) is 10.4. The van der Waals surface area contributed by atoms with Gasteiger partial charge in [-0.1, -0.05) is 12.1 Å². The van der Waals surface area contributed by atoms with Crippen LogP contribution in [-0.2, 0) is 9.53 Å². The molecule has 0 heterocycles. The second-order valence-electron chi connectivity index (χ2n) is 3.60. The lowest BCUT2D eigenvalue weighted by Gasteiger charge is -2.14. The van der Waals surface area contributed by atoms with E-state index in [1.165, 1.54) is 31.4 Å². The zero-order chi connectivity index (χ0) is 14.5.